The van der Waals surface area contributed by atoms with E-state index in [-0.39, 0.29) is 32.1 Å². The van der Waals surface area contributed by atoms with Crippen LogP contribution in [0.25, 0.3) is 0 Å². The fourth-order valence-electron chi connectivity index (χ4n) is 4.65. The highest BCUT2D eigenvalue weighted by atomic mass is 31.2. The van der Waals surface area contributed by atoms with Crippen LogP contribution in [0.3, 0.4) is 0 Å². The molecule has 2 N–H and O–H groups in total. The number of likely N-dealkylation sites (N-methyl/N-ethyl adjacent to an activating group) is 1. The molecule has 5 aromatic rings. The average Bonchev–Trinajstić information content (AvgIpc) is 3.16. The lowest BCUT2D eigenvalue weighted by Gasteiger charge is -2.24. The van der Waals surface area contributed by atoms with Gasteiger partial charge >= 0.3 is 19.9 Å². The second-order valence-corrected chi connectivity index (χ2v) is 13.0. The third-order valence-corrected chi connectivity index (χ3v) is 8.24. The number of phenolic OH excluding ortho intramolecular Hbond substituents is 1. The summed E-state index contributed by atoms with van der Waals surface area (Å²) in [4.78, 5) is 34.9. The SMILES string of the molecule is CC(=O)OC(CN(C)C(=O)OCc1ccccc1)c1ccc(OCc2ccccc2)c(O)c1.O=P(O)(OCc1ccccc1)OCc1ccccc1. The number of ether oxygens (including phenoxy) is 3. The topological polar surface area (TPSA) is 141 Å². The Kier molecular flexibility index (Phi) is 15.4. The monoisotopic (exact) mass is 727 g/mol. The Morgan fingerprint density at radius 2 is 1.12 bits per heavy atom. The summed E-state index contributed by atoms with van der Waals surface area (Å²) in [6.45, 7) is 1.87. The number of nitrogens with zero attached hydrogens (tertiary/aromatic N) is 1. The molecule has 0 bridgehead atoms. The minimum Gasteiger partial charge on any atom is -0.504 e. The molecule has 0 radical (unpaired) electrons. The van der Waals surface area contributed by atoms with Crippen molar-refractivity contribution in [1.29, 1.82) is 0 Å². The Labute approximate surface area is 303 Å². The zero-order chi connectivity index (χ0) is 37.2. The van der Waals surface area contributed by atoms with Crippen LogP contribution in [0.15, 0.2) is 140 Å². The number of aromatic hydroxyl groups is 1. The number of carbonyl (C=O) groups excluding carboxylic acids is 2. The number of phosphoric ester groups is 1. The summed E-state index contributed by atoms with van der Waals surface area (Å²) < 4.78 is 37.9. The van der Waals surface area contributed by atoms with Crippen LogP contribution in [0, 0.1) is 0 Å². The molecule has 0 aliphatic rings. The fraction of sp³-hybridized carbons (Fsp3) is 0.200. The second kappa shape index (κ2) is 20.4. The lowest BCUT2D eigenvalue weighted by atomic mass is 10.1. The van der Waals surface area contributed by atoms with Crippen LogP contribution in [0.2, 0.25) is 0 Å². The fourth-order valence-corrected chi connectivity index (χ4v) is 5.35. The minimum atomic E-state index is -4.02. The quantitative estimate of drug-likeness (QED) is 0.0798. The highest BCUT2D eigenvalue weighted by Crippen LogP contribution is 2.45. The Balaban J connectivity index is 0.000000269. The molecule has 0 saturated heterocycles. The van der Waals surface area contributed by atoms with Crippen LogP contribution in [0.4, 0.5) is 4.79 Å². The maximum Gasteiger partial charge on any atom is 0.472 e. The first-order valence-electron chi connectivity index (χ1n) is 16.4. The molecule has 0 saturated carbocycles. The van der Waals surface area contributed by atoms with Crippen molar-refractivity contribution >= 4 is 19.9 Å². The molecule has 0 aliphatic heterocycles. The van der Waals surface area contributed by atoms with E-state index in [1.54, 1.807) is 19.2 Å². The highest BCUT2D eigenvalue weighted by Gasteiger charge is 2.23. The molecule has 0 aromatic heterocycles. The zero-order valence-corrected chi connectivity index (χ0v) is 29.8. The molecule has 1 unspecified atom stereocenters. The second-order valence-electron chi connectivity index (χ2n) is 11.5. The molecule has 5 rings (SSSR count). The van der Waals surface area contributed by atoms with Gasteiger partial charge in [0.2, 0.25) is 0 Å². The van der Waals surface area contributed by atoms with Crippen molar-refractivity contribution in [2.45, 2.75) is 39.5 Å². The Bertz CT molecular complexity index is 1810. The number of phosphoric acid groups is 1. The van der Waals surface area contributed by atoms with E-state index in [0.29, 0.717) is 17.9 Å². The van der Waals surface area contributed by atoms with Gasteiger partial charge in [-0.05, 0) is 39.9 Å². The molecular weight excluding hydrogens is 685 g/mol. The molecular formula is C40H42NO10P. The number of hydrogen-bond donors (Lipinski definition) is 2. The predicted octanol–water partition coefficient (Wildman–Crippen LogP) is 8.36. The third-order valence-electron chi connectivity index (χ3n) is 7.33. The normalized spacial score (nSPS) is 11.4. The van der Waals surface area contributed by atoms with Crippen molar-refractivity contribution in [3.05, 3.63) is 167 Å². The van der Waals surface area contributed by atoms with Gasteiger partial charge in [-0.3, -0.25) is 13.8 Å². The van der Waals surface area contributed by atoms with Crippen molar-refractivity contribution in [1.82, 2.24) is 4.90 Å². The summed E-state index contributed by atoms with van der Waals surface area (Å²) >= 11 is 0. The highest BCUT2D eigenvalue weighted by molar-refractivity contribution is 7.47. The third kappa shape index (κ3) is 14.0. The first kappa shape index (κ1) is 39.3. The summed E-state index contributed by atoms with van der Waals surface area (Å²) in [6, 6.07) is 42.0. The molecule has 0 aliphatic carbocycles. The molecule has 52 heavy (non-hydrogen) atoms. The van der Waals surface area contributed by atoms with Crippen molar-refractivity contribution in [3.63, 3.8) is 0 Å². The molecule has 0 spiro atoms. The van der Waals surface area contributed by atoms with Crippen molar-refractivity contribution in [2.75, 3.05) is 13.6 Å². The molecule has 0 fully saturated rings. The standard InChI is InChI=1S/C26H27NO6.C14H15O4P/c1-19(28)33-25(16-27(2)26(30)32-18-21-11-7-4-8-12-21)22-13-14-24(23(29)15-22)31-17-20-9-5-3-6-10-20;15-19(16,17-11-13-7-3-1-4-8-13)18-12-14-9-5-2-6-10-14/h3-15,25,29H,16-18H2,1-2H3;1-10H,11-12H2,(H,15,16). The Morgan fingerprint density at radius 1 is 0.673 bits per heavy atom. The first-order valence-corrected chi connectivity index (χ1v) is 17.9. The number of esters is 1. The number of benzene rings is 5. The minimum absolute atomic E-state index is 0.0450. The van der Waals surface area contributed by atoms with Gasteiger partial charge in [0.1, 0.15) is 19.3 Å². The Morgan fingerprint density at radius 3 is 1.56 bits per heavy atom. The van der Waals surface area contributed by atoms with Crippen LogP contribution < -0.4 is 4.74 Å². The lowest BCUT2D eigenvalue weighted by Crippen LogP contribution is -2.33. The van der Waals surface area contributed by atoms with Gasteiger partial charge in [0.05, 0.1) is 19.8 Å². The summed E-state index contributed by atoms with van der Waals surface area (Å²) in [5.74, 6) is -0.287. The average molecular weight is 728 g/mol. The van der Waals surface area contributed by atoms with Gasteiger partial charge in [-0.1, -0.05) is 127 Å². The van der Waals surface area contributed by atoms with Gasteiger partial charge in [-0.25, -0.2) is 9.36 Å². The van der Waals surface area contributed by atoms with Gasteiger partial charge in [0.15, 0.2) is 11.5 Å². The zero-order valence-electron chi connectivity index (χ0n) is 28.9. The van der Waals surface area contributed by atoms with Crippen LogP contribution in [0.5, 0.6) is 11.5 Å². The summed E-state index contributed by atoms with van der Waals surface area (Å²) in [7, 11) is -2.47. The summed E-state index contributed by atoms with van der Waals surface area (Å²) in [5, 5.41) is 10.4. The van der Waals surface area contributed by atoms with E-state index in [0.717, 1.165) is 22.3 Å². The largest absolute Gasteiger partial charge is 0.504 e. The van der Waals surface area contributed by atoms with Crippen molar-refractivity contribution in [2.24, 2.45) is 0 Å². The van der Waals surface area contributed by atoms with Crippen LogP contribution in [-0.4, -0.2) is 40.6 Å². The van der Waals surface area contributed by atoms with Gasteiger partial charge in [-0.15, -0.1) is 0 Å². The number of carbonyl (C=O) groups is 2. The number of phenols is 1. The Hall–Kier alpha value is -5.45. The first-order chi connectivity index (χ1) is 25.1. The number of hydrogen-bond acceptors (Lipinski definition) is 9. The molecule has 11 nitrogen and oxygen atoms in total. The molecule has 0 heterocycles. The number of rotatable bonds is 15. The van der Waals surface area contributed by atoms with E-state index in [2.05, 4.69) is 0 Å². The molecule has 272 valence electrons. The van der Waals surface area contributed by atoms with Gasteiger partial charge < -0.3 is 29.1 Å². The molecule has 12 heteroatoms. The van der Waals surface area contributed by atoms with E-state index in [9.17, 15) is 24.2 Å². The lowest BCUT2D eigenvalue weighted by molar-refractivity contribution is -0.147. The van der Waals surface area contributed by atoms with E-state index < -0.39 is 26.0 Å². The van der Waals surface area contributed by atoms with E-state index in [1.165, 1.54) is 17.9 Å². The smallest absolute Gasteiger partial charge is 0.472 e. The molecule has 1 amide bonds. The predicted molar refractivity (Wildman–Crippen MR) is 195 cm³/mol. The van der Waals surface area contributed by atoms with E-state index in [1.807, 2.05) is 121 Å². The van der Waals surface area contributed by atoms with Gasteiger partial charge in [0, 0.05) is 14.0 Å². The maximum atomic E-state index is 12.4. The number of amides is 1. The van der Waals surface area contributed by atoms with Crippen molar-refractivity contribution < 1.29 is 47.4 Å². The van der Waals surface area contributed by atoms with E-state index in [4.69, 9.17) is 23.3 Å². The summed E-state index contributed by atoms with van der Waals surface area (Å²) in [6.07, 6.45) is -1.34. The van der Waals surface area contributed by atoms with Crippen LogP contribution >= 0.6 is 7.82 Å². The maximum absolute atomic E-state index is 12.4. The van der Waals surface area contributed by atoms with Crippen LogP contribution in [-0.2, 0) is 54.3 Å². The van der Waals surface area contributed by atoms with Gasteiger partial charge in [0.25, 0.3) is 0 Å². The van der Waals surface area contributed by atoms with Crippen molar-refractivity contribution in [3.8, 4) is 11.5 Å². The van der Waals surface area contributed by atoms with Gasteiger partial charge in [-0.2, -0.15) is 0 Å². The van der Waals surface area contributed by atoms with Crippen LogP contribution in [0.1, 0.15) is 40.8 Å². The van der Waals surface area contributed by atoms with E-state index >= 15 is 0 Å². The molecule has 5 aromatic carbocycles. The summed E-state index contributed by atoms with van der Waals surface area (Å²) in [5.41, 5.74) is 4.00. The molecule has 1 atom stereocenters.